The van der Waals surface area contributed by atoms with Gasteiger partial charge in [0.25, 0.3) is 0 Å². The first-order chi connectivity index (χ1) is 11.7. The van der Waals surface area contributed by atoms with E-state index in [0.29, 0.717) is 16.4 Å². The van der Waals surface area contributed by atoms with Gasteiger partial charge in [0.05, 0.1) is 11.9 Å². The number of amides is 1. The Morgan fingerprint density at radius 3 is 2.32 bits per heavy atom. The van der Waals surface area contributed by atoms with Crippen LogP contribution in [-0.2, 0) is 21.2 Å². The zero-order chi connectivity index (χ0) is 18.6. The molecule has 0 bridgehead atoms. The average Bonchev–Trinajstić information content (AvgIpc) is 2.55. The highest BCUT2D eigenvalue weighted by molar-refractivity contribution is 7.92. The van der Waals surface area contributed by atoms with Crippen molar-refractivity contribution in [1.29, 1.82) is 0 Å². The van der Waals surface area contributed by atoms with Crippen LogP contribution in [0.5, 0.6) is 0 Å². The molecule has 0 atom stereocenters. The standard InChI is InChI=1S/C18H21ClN2O3S/c1-4-14-6-9-16(10-7-14)21(25(3,23)24)12-18(22)20-15-8-5-13(2)17(19)11-15/h5-11H,4,12H2,1-3H3,(H,20,22). The van der Waals surface area contributed by atoms with Gasteiger partial charge in [0, 0.05) is 10.7 Å². The Hall–Kier alpha value is -2.05. The van der Waals surface area contributed by atoms with Crippen molar-refractivity contribution in [1.82, 2.24) is 0 Å². The molecule has 0 spiro atoms. The van der Waals surface area contributed by atoms with E-state index in [2.05, 4.69) is 5.32 Å². The van der Waals surface area contributed by atoms with E-state index in [0.717, 1.165) is 28.1 Å². The van der Waals surface area contributed by atoms with Gasteiger partial charge in [-0.15, -0.1) is 0 Å². The van der Waals surface area contributed by atoms with Crippen LogP contribution >= 0.6 is 11.6 Å². The third-order valence-corrected chi connectivity index (χ3v) is 5.32. The van der Waals surface area contributed by atoms with Gasteiger partial charge in [-0.05, 0) is 48.7 Å². The second-order valence-corrected chi connectivity index (χ2v) is 8.12. The van der Waals surface area contributed by atoms with E-state index in [-0.39, 0.29) is 6.54 Å². The molecule has 0 aliphatic heterocycles. The lowest BCUT2D eigenvalue weighted by molar-refractivity contribution is -0.114. The van der Waals surface area contributed by atoms with Gasteiger partial charge >= 0.3 is 0 Å². The van der Waals surface area contributed by atoms with E-state index >= 15 is 0 Å². The number of rotatable bonds is 6. The maximum Gasteiger partial charge on any atom is 0.245 e. The maximum absolute atomic E-state index is 12.3. The molecule has 134 valence electrons. The molecule has 1 N–H and O–H groups in total. The summed E-state index contributed by atoms with van der Waals surface area (Å²) in [4.78, 5) is 12.3. The van der Waals surface area contributed by atoms with Crippen molar-refractivity contribution in [3.8, 4) is 0 Å². The minimum absolute atomic E-state index is 0.310. The molecule has 7 heteroatoms. The van der Waals surface area contributed by atoms with Crippen molar-refractivity contribution in [2.24, 2.45) is 0 Å². The summed E-state index contributed by atoms with van der Waals surface area (Å²) in [5.74, 6) is -0.440. The summed E-state index contributed by atoms with van der Waals surface area (Å²) >= 11 is 6.04. The van der Waals surface area contributed by atoms with Crippen molar-refractivity contribution < 1.29 is 13.2 Å². The van der Waals surface area contributed by atoms with Crippen LogP contribution in [0.4, 0.5) is 11.4 Å². The van der Waals surface area contributed by atoms with Crippen LogP contribution in [0.25, 0.3) is 0 Å². The summed E-state index contributed by atoms with van der Waals surface area (Å²) in [5.41, 5.74) is 2.97. The van der Waals surface area contributed by atoms with E-state index in [1.807, 2.05) is 26.0 Å². The Balaban J connectivity index is 2.18. The zero-order valence-corrected chi connectivity index (χ0v) is 16.0. The van der Waals surface area contributed by atoms with Gasteiger partial charge in [0.15, 0.2) is 0 Å². The summed E-state index contributed by atoms with van der Waals surface area (Å²) in [6.07, 6.45) is 1.94. The Morgan fingerprint density at radius 1 is 1.16 bits per heavy atom. The van der Waals surface area contributed by atoms with Crippen molar-refractivity contribution in [2.45, 2.75) is 20.3 Å². The van der Waals surface area contributed by atoms with Gasteiger partial charge in [-0.3, -0.25) is 9.10 Å². The SMILES string of the molecule is CCc1ccc(N(CC(=O)Nc2ccc(C)c(Cl)c2)S(C)(=O)=O)cc1. The average molecular weight is 381 g/mol. The molecule has 0 fully saturated rings. The Bertz CT molecular complexity index is 864. The molecule has 1 amide bonds. The van der Waals surface area contributed by atoms with Crippen LogP contribution in [0, 0.1) is 6.92 Å². The van der Waals surface area contributed by atoms with Crippen LogP contribution in [-0.4, -0.2) is 27.1 Å². The number of aryl methyl sites for hydroxylation is 2. The maximum atomic E-state index is 12.3. The number of halogens is 1. The molecule has 0 heterocycles. The smallest absolute Gasteiger partial charge is 0.245 e. The van der Waals surface area contributed by atoms with E-state index in [1.165, 1.54) is 0 Å². The molecule has 0 unspecified atom stereocenters. The van der Waals surface area contributed by atoms with Gasteiger partial charge in [0.1, 0.15) is 6.54 Å². The monoisotopic (exact) mass is 380 g/mol. The first kappa shape index (κ1) is 19.3. The molecule has 0 saturated heterocycles. The number of hydrogen-bond acceptors (Lipinski definition) is 3. The fraction of sp³-hybridized carbons (Fsp3) is 0.278. The largest absolute Gasteiger partial charge is 0.324 e. The summed E-state index contributed by atoms with van der Waals surface area (Å²) in [6.45, 7) is 3.57. The number of nitrogens with zero attached hydrogens (tertiary/aromatic N) is 1. The highest BCUT2D eigenvalue weighted by atomic mass is 35.5. The fourth-order valence-electron chi connectivity index (χ4n) is 2.30. The molecular weight excluding hydrogens is 360 g/mol. The van der Waals surface area contributed by atoms with Crippen molar-refractivity contribution >= 4 is 38.9 Å². The second-order valence-electron chi connectivity index (χ2n) is 5.80. The van der Waals surface area contributed by atoms with Gasteiger partial charge < -0.3 is 5.32 Å². The summed E-state index contributed by atoms with van der Waals surface area (Å²) in [6, 6.07) is 12.3. The van der Waals surface area contributed by atoms with Gasteiger partial charge in [-0.2, -0.15) is 0 Å². The Kier molecular flexibility index (Phi) is 6.08. The highest BCUT2D eigenvalue weighted by Crippen LogP contribution is 2.21. The minimum Gasteiger partial charge on any atom is -0.324 e. The van der Waals surface area contributed by atoms with E-state index in [9.17, 15) is 13.2 Å². The summed E-state index contributed by atoms with van der Waals surface area (Å²) in [5, 5.41) is 3.21. The number of anilines is 2. The first-order valence-corrected chi connectivity index (χ1v) is 10.1. The minimum atomic E-state index is -3.59. The van der Waals surface area contributed by atoms with E-state index < -0.39 is 15.9 Å². The third kappa shape index (κ3) is 5.21. The Morgan fingerprint density at radius 2 is 1.80 bits per heavy atom. The molecular formula is C18H21ClN2O3S. The first-order valence-electron chi connectivity index (χ1n) is 7.83. The number of carbonyl (C=O) groups excluding carboxylic acids is 1. The lowest BCUT2D eigenvalue weighted by Crippen LogP contribution is -2.37. The number of hydrogen-bond donors (Lipinski definition) is 1. The number of benzene rings is 2. The molecule has 0 aliphatic rings. The highest BCUT2D eigenvalue weighted by Gasteiger charge is 2.21. The molecule has 2 rings (SSSR count). The molecule has 2 aromatic carbocycles. The lowest BCUT2D eigenvalue weighted by Gasteiger charge is -2.22. The fourth-order valence-corrected chi connectivity index (χ4v) is 3.34. The normalized spacial score (nSPS) is 11.2. The van der Waals surface area contributed by atoms with Gasteiger partial charge in [-0.25, -0.2) is 8.42 Å². The molecule has 0 saturated carbocycles. The van der Waals surface area contributed by atoms with Crippen molar-refractivity contribution in [2.75, 3.05) is 22.4 Å². The molecule has 5 nitrogen and oxygen atoms in total. The predicted octanol–water partition coefficient (Wildman–Crippen LogP) is 3.62. The van der Waals surface area contributed by atoms with E-state index in [4.69, 9.17) is 11.6 Å². The summed E-state index contributed by atoms with van der Waals surface area (Å²) < 4.78 is 25.3. The zero-order valence-electron chi connectivity index (χ0n) is 14.4. The number of carbonyl (C=O) groups is 1. The molecule has 0 aliphatic carbocycles. The second kappa shape index (κ2) is 7.89. The van der Waals surface area contributed by atoms with Crippen molar-refractivity contribution in [3.05, 3.63) is 58.6 Å². The quantitative estimate of drug-likeness (QED) is 0.832. The van der Waals surface area contributed by atoms with Gasteiger partial charge in [0.2, 0.25) is 15.9 Å². The number of nitrogens with one attached hydrogen (secondary N) is 1. The topological polar surface area (TPSA) is 66.5 Å². The van der Waals surface area contributed by atoms with Crippen LogP contribution < -0.4 is 9.62 Å². The summed E-state index contributed by atoms with van der Waals surface area (Å²) in [7, 11) is -3.59. The van der Waals surface area contributed by atoms with Crippen molar-refractivity contribution in [3.63, 3.8) is 0 Å². The van der Waals surface area contributed by atoms with E-state index in [1.54, 1.807) is 30.3 Å². The predicted molar refractivity (Wildman–Crippen MR) is 103 cm³/mol. The number of sulfonamides is 1. The van der Waals surface area contributed by atoms with Crippen LogP contribution in [0.3, 0.4) is 0 Å². The van der Waals surface area contributed by atoms with Crippen LogP contribution in [0.2, 0.25) is 5.02 Å². The molecule has 2 aromatic rings. The van der Waals surface area contributed by atoms with Crippen LogP contribution in [0.15, 0.2) is 42.5 Å². The van der Waals surface area contributed by atoms with Gasteiger partial charge in [-0.1, -0.05) is 36.7 Å². The lowest BCUT2D eigenvalue weighted by atomic mass is 10.1. The Labute approximate surface area is 153 Å². The molecule has 0 radical (unpaired) electrons. The molecule has 25 heavy (non-hydrogen) atoms. The van der Waals surface area contributed by atoms with Crippen LogP contribution in [0.1, 0.15) is 18.1 Å². The molecule has 0 aromatic heterocycles. The third-order valence-electron chi connectivity index (χ3n) is 3.78.